The first-order valence-corrected chi connectivity index (χ1v) is 6.36. The molecule has 0 fully saturated rings. The second kappa shape index (κ2) is 6.10. The molecule has 0 aliphatic heterocycles. The molecule has 0 spiro atoms. The minimum Gasteiger partial charge on any atom is -0.496 e. The summed E-state index contributed by atoms with van der Waals surface area (Å²) in [7, 11) is 1.53. The molecule has 2 aromatic rings. The van der Waals surface area contributed by atoms with Crippen LogP contribution in [0, 0.1) is 0 Å². The van der Waals surface area contributed by atoms with Gasteiger partial charge in [-0.1, -0.05) is 0 Å². The topological polar surface area (TPSA) is 61.5 Å². The van der Waals surface area contributed by atoms with Crippen molar-refractivity contribution in [3.8, 4) is 11.5 Å². The molecule has 0 bridgehead atoms. The summed E-state index contributed by atoms with van der Waals surface area (Å²) in [6, 6.07) is 12.0. The zero-order chi connectivity index (χ0) is 14.5. The molecule has 0 radical (unpaired) electrons. The Bertz CT molecular complexity index is 606. The van der Waals surface area contributed by atoms with Gasteiger partial charge in [-0.3, -0.25) is 4.79 Å². The first kappa shape index (κ1) is 13.9. The number of carbonyl (C=O) groups excluding carboxylic acids is 1. The fraction of sp³-hybridized carbons (Fsp3) is 0.188. The number of hydrogen-bond donors (Lipinski definition) is 1. The first-order valence-electron chi connectivity index (χ1n) is 6.36. The van der Waals surface area contributed by atoms with Gasteiger partial charge in [0.2, 0.25) is 0 Å². The maximum absolute atomic E-state index is 12.5. The molecule has 20 heavy (non-hydrogen) atoms. The average molecular weight is 271 g/mol. The smallest absolute Gasteiger partial charge is 0.196 e. The first-order chi connectivity index (χ1) is 9.65. The van der Waals surface area contributed by atoms with Crippen molar-refractivity contribution in [3.63, 3.8) is 0 Å². The Kier molecular flexibility index (Phi) is 4.25. The second-order valence-corrected chi connectivity index (χ2v) is 4.25. The third-order valence-corrected chi connectivity index (χ3v) is 2.90. The van der Waals surface area contributed by atoms with Crippen LogP contribution in [-0.2, 0) is 0 Å². The molecule has 0 heterocycles. The molecule has 0 unspecified atom stereocenters. The van der Waals surface area contributed by atoms with Crippen LogP contribution in [0.25, 0.3) is 0 Å². The molecule has 0 saturated carbocycles. The van der Waals surface area contributed by atoms with E-state index < -0.39 is 0 Å². The van der Waals surface area contributed by atoms with Gasteiger partial charge in [0.05, 0.1) is 19.3 Å². The number of nitrogen functional groups attached to an aromatic ring is 1. The Balaban J connectivity index is 2.33. The van der Waals surface area contributed by atoms with E-state index in [-0.39, 0.29) is 5.78 Å². The maximum Gasteiger partial charge on any atom is 0.196 e. The van der Waals surface area contributed by atoms with Crippen molar-refractivity contribution in [2.75, 3.05) is 19.5 Å². The van der Waals surface area contributed by atoms with Crippen molar-refractivity contribution in [2.24, 2.45) is 0 Å². The molecular weight excluding hydrogens is 254 g/mol. The molecule has 2 N–H and O–H groups in total. The van der Waals surface area contributed by atoms with Crippen LogP contribution in [0.15, 0.2) is 42.5 Å². The number of benzene rings is 2. The predicted octanol–water partition coefficient (Wildman–Crippen LogP) is 2.91. The summed E-state index contributed by atoms with van der Waals surface area (Å²) in [6.45, 7) is 2.51. The lowest BCUT2D eigenvalue weighted by atomic mass is 10.0. The normalized spacial score (nSPS) is 10.1. The van der Waals surface area contributed by atoms with E-state index in [4.69, 9.17) is 15.2 Å². The lowest BCUT2D eigenvalue weighted by Crippen LogP contribution is -2.05. The van der Waals surface area contributed by atoms with Crippen molar-refractivity contribution in [1.29, 1.82) is 0 Å². The summed E-state index contributed by atoms with van der Waals surface area (Å²) in [5, 5.41) is 0. The number of ketones is 1. The van der Waals surface area contributed by atoms with E-state index in [2.05, 4.69) is 0 Å². The lowest BCUT2D eigenvalue weighted by molar-refractivity contribution is 0.103. The van der Waals surface area contributed by atoms with Gasteiger partial charge in [-0.25, -0.2) is 0 Å². The van der Waals surface area contributed by atoms with E-state index in [1.165, 1.54) is 7.11 Å². The van der Waals surface area contributed by atoms with E-state index in [0.717, 1.165) is 5.75 Å². The van der Waals surface area contributed by atoms with Gasteiger partial charge in [-0.15, -0.1) is 0 Å². The van der Waals surface area contributed by atoms with Crippen LogP contribution in [0.5, 0.6) is 11.5 Å². The SMILES string of the molecule is CCOc1ccc(C(=O)c2cc(N)ccc2OC)cc1. The van der Waals surface area contributed by atoms with Gasteiger partial charge in [0.25, 0.3) is 0 Å². The summed E-state index contributed by atoms with van der Waals surface area (Å²) in [5.41, 5.74) is 7.28. The third kappa shape index (κ3) is 2.91. The Morgan fingerprint density at radius 2 is 1.85 bits per heavy atom. The summed E-state index contributed by atoms with van der Waals surface area (Å²) in [5.74, 6) is 1.12. The number of ether oxygens (including phenoxy) is 2. The Hall–Kier alpha value is -2.49. The molecule has 2 aromatic carbocycles. The highest BCUT2D eigenvalue weighted by atomic mass is 16.5. The van der Waals surface area contributed by atoms with Crippen molar-refractivity contribution in [3.05, 3.63) is 53.6 Å². The van der Waals surface area contributed by atoms with Gasteiger partial charge in [0.1, 0.15) is 11.5 Å². The third-order valence-electron chi connectivity index (χ3n) is 2.90. The van der Waals surface area contributed by atoms with Gasteiger partial charge in [0.15, 0.2) is 5.78 Å². The molecule has 4 heteroatoms. The number of hydrogen-bond acceptors (Lipinski definition) is 4. The van der Waals surface area contributed by atoms with Crippen molar-refractivity contribution in [2.45, 2.75) is 6.92 Å². The molecule has 4 nitrogen and oxygen atoms in total. The van der Waals surface area contributed by atoms with Crippen LogP contribution in [0.3, 0.4) is 0 Å². The maximum atomic E-state index is 12.5. The molecule has 0 aromatic heterocycles. The van der Waals surface area contributed by atoms with Crippen LogP contribution in [-0.4, -0.2) is 19.5 Å². The van der Waals surface area contributed by atoms with E-state index >= 15 is 0 Å². The zero-order valence-corrected chi connectivity index (χ0v) is 11.6. The van der Waals surface area contributed by atoms with Gasteiger partial charge < -0.3 is 15.2 Å². The van der Waals surface area contributed by atoms with Crippen LogP contribution in [0.4, 0.5) is 5.69 Å². The molecule has 0 aliphatic rings. The van der Waals surface area contributed by atoms with Crippen molar-refractivity contribution in [1.82, 2.24) is 0 Å². The predicted molar refractivity (Wildman–Crippen MR) is 78.4 cm³/mol. The number of methoxy groups -OCH3 is 1. The van der Waals surface area contributed by atoms with Crippen molar-refractivity contribution >= 4 is 11.5 Å². The minimum absolute atomic E-state index is 0.128. The zero-order valence-electron chi connectivity index (χ0n) is 11.6. The summed E-state index contributed by atoms with van der Waals surface area (Å²) < 4.78 is 10.6. The summed E-state index contributed by atoms with van der Waals surface area (Å²) in [6.07, 6.45) is 0. The van der Waals surface area contributed by atoms with Crippen LogP contribution >= 0.6 is 0 Å². The lowest BCUT2D eigenvalue weighted by Gasteiger charge is -2.09. The highest BCUT2D eigenvalue weighted by Crippen LogP contribution is 2.24. The van der Waals surface area contributed by atoms with E-state index in [0.29, 0.717) is 29.2 Å². The Labute approximate surface area is 118 Å². The minimum atomic E-state index is -0.128. The molecule has 0 amide bonds. The van der Waals surface area contributed by atoms with Gasteiger partial charge >= 0.3 is 0 Å². The highest BCUT2D eigenvalue weighted by molar-refractivity contribution is 6.11. The number of rotatable bonds is 5. The number of anilines is 1. The fourth-order valence-corrected chi connectivity index (χ4v) is 1.93. The van der Waals surface area contributed by atoms with Gasteiger partial charge in [-0.2, -0.15) is 0 Å². The summed E-state index contributed by atoms with van der Waals surface area (Å²) in [4.78, 5) is 12.5. The number of carbonyl (C=O) groups is 1. The molecule has 104 valence electrons. The van der Waals surface area contributed by atoms with Crippen LogP contribution < -0.4 is 15.2 Å². The number of nitrogens with two attached hydrogens (primary N) is 1. The van der Waals surface area contributed by atoms with Gasteiger partial charge in [0, 0.05) is 11.3 Å². The molecule has 0 aliphatic carbocycles. The van der Waals surface area contributed by atoms with E-state index in [1.807, 2.05) is 6.92 Å². The monoisotopic (exact) mass is 271 g/mol. The van der Waals surface area contributed by atoms with Gasteiger partial charge in [-0.05, 0) is 49.4 Å². The standard InChI is InChI=1S/C16H17NO3/c1-3-20-13-7-4-11(5-8-13)16(18)14-10-12(17)6-9-15(14)19-2/h4-10H,3,17H2,1-2H3. The quantitative estimate of drug-likeness (QED) is 0.671. The molecule has 0 saturated heterocycles. The molecule has 0 atom stereocenters. The van der Waals surface area contributed by atoms with E-state index in [1.54, 1.807) is 42.5 Å². The highest BCUT2D eigenvalue weighted by Gasteiger charge is 2.14. The van der Waals surface area contributed by atoms with Crippen LogP contribution in [0.2, 0.25) is 0 Å². The second-order valence-electron chi connectivity index (χ2n) is 4.25. The van der Waals surface area contributed by atoms with Crippen molar-refractivity contribution < 1.29 is 14.3 Å². The summed E-state index contributed by atoms with van der Waals surface area (Å²) >= 11 is 0. The Morgan fingerprint density at radius 1 is 1.15 bits per heavy atom. The average Bonchev–Trinajstić information content (AvgIpc) is 2.47. The Morgan fingerprint density at radius 3 is 2.45 bits per heavy atom. The van der Waals surface area contributed by atoms with E-state index in [9.17, 15) is 4.79 Å². The fourth-order valence-electron chi connectivity index (χ4n) is 1.93. The molecular formula is C16H17NO3. The van der Waals surface area contributed by atoms with Crippen LogP contribution in [0.1, 0.15) is 22.8 Å². The largest absolute Gasteiger partial charge is 0.496 e. The molecule has 2 rings (SSSR count).